The van der Waals surface area contributed by atoms with Crippen LogP contribution in [-0.2, 0) is 35.6 Å². The average molecular weight is 548 g/mol. The first-order valence-corrected chi connectivity index (χ1v) is 14.6. The lowest BCUT2D eigenvalue weighted by Gasteiger charge is -2.28. The predicted octanol–water partition coefficient (Wildman–Crippen LogP) is 5.87. The highest BCUT2D eigenvalue weighted by Gasteiger charge is 2.30. The van der Waals surface area contributed by atoms with E-state index in [1.165, 1.54) is 11.1 Å². The van der Waals surface area contributed by atoms with Crippen LogP contribution in [0.5, 0.6) is 5.75 Å². The van der Waals surface area contributed by atoms with Gasteiger partial charge in [0.2, 0.25) is 0 Å². The standard InChI is InChI=1S/C32H45N5O3/c1-8-27-20-36(21-29-30(39-27)11-10-16-33-29)18-25-17-24(13-12-22(25)3)28(23(4)31(38)40-32(5,6)7)15-14-26-19-37(9-2)35-34-26/h10-13,16-17,19,23,27-28H,8-9,14-15,18,20-21H2,1-7H3. The number of aromatic nitrogens is 4. The highest BCUT2D eigenvalue weighted by atomic mass is 16.6. The van der Waals surface area contributed by atoms with Gasteiger partial charge in [-0.15, -0.1) is 5.10 Å². The van der Waals surface area contributed by atoms with E-state index in [2.05, 4.69) is 52.2 Å². The number of carbonyl (C=O) groups is 1. The van der Waals surface area contributed by atoms with Gasteiger partial charge in [-0.25, -0.2) is 0 Å². The van der Waals surface area contributed by atoms with E-state index in [4.69, 9.17) is 9.47 Å². The van der Waals surface area contributed by atoms with Gasteiger partial charge in [0.15, 0.2) is 0 Å². The van der Waals surface area contributed by atoms with Crippen LogP contribution in [0, 0.1) is 12.8 Å². The third-order valence-corrected chi connectivity index (χ3v) is 7.63. The maximum Gasteiger partial charge on any atom is 0.309 e. The van der Waals surface area contributed by atoms with Crippen molar-refractivity contribution in [2.45, 2.75) is 105 Å². The van der Waals surface area contributed by atoms with Crippen LogP contribution >= 0.6 is 0 Å². The monoisotopic (exact) mass is 547 g/mol. The molecule has 1 aliphatic rings. The van der Waals surface area contributed by atoms with Crippen molar-refractivity contribution in [2.75, 3.05) is 6.54 Å². The van der Waals surface area contributed by atoms with Gasteiger partial charge in [0.05, 0.1) is 17.3 Å². The Kier molecular flexibility index (Phi) is 9.61. The molecule has 2 aromatic heterocycles. The lowest BCUT2D eigenvalue weighted by Crippen LogP contribution is -2.32. The van der Waals surface area contributed by atoms with E-state index in [0.29, 0.717) is 0 Å². The van der Waals surface area contributed by atoms with Gasteiger partial charge < -0.3 is 9.47 Å². The van der Waals surface area contributed by atoms with Gasteiger partial charge in [-0.1, -0.05) is 37.3 Å². The number of nitrogens with zero attached hydrogens (tertiary/aromatic N) is 5. The molecule has 4 rings (SSSR count). The Balaban J connectivity index is 1.60. The molecular weight excluding hydrogens is 502 g/mol. The summed E-state index contributed by atoms with van der Waals surface area (Å²) in [6.45, 7) is 17.3. The molecule has 0 bridgehead atoms. The van der Waals surface area contributed by atoms with Gasteiger partial charge in [0.25, 0.3) is 0 Å². The Morgan fingerprint density at radius 1 is 1.23 bits per heavy atom. The highest BCUT2D eigenvalue weighted by Crippen LogP contribution is 2.33. The van der Waals surface area contributed by atoms with Crippen LogP contribution in [0.15, 0.2) is 42.7 Å². The van der Waals surface area contributed by atoms with E-state index in [1.807, 2.05) is 63.8 Å². The topological polar surface area (TPSA) is 82.4 Å². The van der Waals surface area contributed by atoms with Crippen molar-refractivity contribution in [1.29, 1.82) is 0 Å². The number of ether oxygens (including phenoxy) is 2. The molecule has 3 heterocycles. The fourth-order valence-corrected chi connectivity index (χ4v) is 5.27. The summed E-state index contributed by atoms with van der Waals surface area (Å²) in [7, 11) is 0. The molecule has 3 atom stereocenters. The summed E-state index contributed by atoms with van der Waals surface area (Å²) < 4.78 is 13.9. The van der Waals surface area contributed by atoms with Gasteiger partial charge in [-0.05, 0) is 88.6 Å². The second-order valence-corrected chi connectivity index (χ2v) is 12.0. The summed E-state index contributed by atoms with van der Waals surface area (Å²) in [6.07, 6.45) is 6.39. The van der Waals surface area contributed by atoms with Crippen molar-refractivity contribution < 1.29 is 14.3 Å². The first-order valence-electron chi connectivity index (χ1n) is 14.6. The molecular formula is C32H45N5O3. The van der Waals surface area contributed by atoms with Crippen LogP contribution in [-0.4, -0.2) is 49.1 Å². The molecule has 0 spiro atoms. The Bertz CT molecular complexity index is 1280. The summed E-state index contributed by atoms with van der Waals surface area (Å²) >= 11 is 0. The number of esters is 1. The molecule has 8 heteroatoms. The SMILES string of the molecule is CCC1CN(Cc2cc(C(CCc3cn(CC)nn3)C(C)C(=O)OC(C)(C)C)ccc2C)Cc2ncccc2O1. The quantitative estimate of drug-likeness (QED) is 0.294. The van der Waals surface area contributed by atoms with Gasteiger partial charge >= 0.3 is 5.97 Å². The summed E-state index contributed by atoms with van der Waals surface area (Å²) in [5, 5.41) is 8.54. The van der Waals surface area contributed by atoms with E-state index < -0.39 is 5.60 Å². The van der Waals surface area contributed by atoms with Gasteiger partial charge in [0.1, 0.15) is 17.5 Å². The van der Waals surface area contributed by atoms with Crippen LogP contribution in [0.25, 0.3) is 0 Å². The zero-order chi connectivity index (χ0) is 28.9. The number of hydrogen-bond acceptors (Lipinski definition) is 7. The summed E-state index contributed by atoms with van der Waals surface area (Å²) in [6, 6.07) is 10.6. The molecule has 0 aliphatic carbocycles. The summed E-state index contributed by atoms with van der Waals surface area (Å²) in [5.74, 6) is 0.394. The summed E-state index contributed by atoms with van der Waals surface area (Å²) in [4.78, 5) is 20.3. The van der Waals surface area contributed by atoms with Crippen molar-refractivity contribution in [1.82, 2.24) is 24.9 Å². The summed E-state index contributed by atoms with van der Waals surface area (Å²) in [5.41, 5.74) is 5.02. The van der Waals surface area contributed by atoms with Crippen LogP contribution in [0.3, 0.4) is 0 Å². The van der Waals surface area contributed by atoms with E-state index in [9.17, 15) is 4.79 Å². The van der Waals surface area contributed by atoms with E-state index in [0.717, 1.165) is 68.1 Å². The maximum atomic E-state index is 13.2. The number of carbonyl (C=O) groups excluding carboxylic acids is 1. The van der Waals surface area contributed by atoms with Gasteiger partial charge in [0, 0.05) is 38.6 Å². The molecule has 0 fully saturated rings. The van der Waals surface area contributed by atoms with E-state index in [-0.39, 0.29) is 23.9 Å². The molecule has 0 saturated heterocycles. The molecule has 0 amide bonds. The lowest BCUT2D eigenvalue weighted by atomic mass is 9.82. The second-order valence-electron chi connectivity index (χ2n) is 12.0. The predicted molar refractivity (Wildman–Crippen MR) is 156 cm³/mol. The van der Waals surface area contributed by atoms with E-state index in [1.54, 1.807) is 0 Å². The van der Waals surface area contributed by atoms with Crippen LogP contribution < -0.4 is 4.74 Å². The third kappa shape index (κ3) is 7.68. The number of rotatable bonds is 10. The maximum absolute atomic E-state index is 13.2. The number of hydrogen-bond donors (Lipinski definition) is 0. The first kappa shape index (κ1) is 29.7. The van der Waals surface area contributed by atoms with Crippen LogP contribution in [0.2, 0.25) is 0 Å². The lowest BCUT2D eigenvalue weighted by molar-refractivity contribution is -0.160. The van der Waals surface area contributed by atoms with Crippen molar-refractivity contribution in [3.05, 3.63) is 70.8 Å². The van der Waals surface area contributed by atoms with Gasteiger partial charge in [-0.3, -0.25) is 19.4 Å². The van der Waals surface area contributed by atoms with Gasteiger partial charge in [-0.2, -0.15) is 0 Å². The minimum Gasteiger partial charge on any atom is -0.487 e. The van der Waals surface area contributed by atoms with Crippen molar-refractivity contribution in [3.8, 4) is 5.75 Å². The van der Waals surface area contributed by atoms with Crippen LogP contribution in [0.1, 0.15) is 88.4 Å². The minimum absolute atomic E-state index is 0.0146. The third-order valence-electron chi connectivity index (χ3n) is 7.63. The van der Waals surface area contributed by atoms with E-state index >= 15 is 0 Å². The molecule has 1 aromatic carbocycles. The fourth-order valence-electron chi connectivity index (χ4n) is 5.27. The number of aryl methyl sites for hydroxylation is 3. The second kappa shape index (κ2) is 12.9. The zero-order valence-electron chi connectivity index (χ0n) is 25.2. The Morgan fingerprint density at radius 2 is 2.02 bits per heavy atom. The normalized spacial score (nSPS) is 17.4. The molecule has 0 saturated carbocycles. The zero-order valence-corrected chi connectivity index (χ0v) is 25.2. The molecule has 216 valence electrons. The molecule has 3 aromatic rings. The molecule has 40 heavy (non-hydrogen) atoms. The fraction of sp³-hybridized carbons (Fsp3) is 0.562. The Labute approximate surface area is 239 Å². The van der Waals surface area contributed by atoms with Crippen LogP contribution in [0.4, 0.5) is 0 Å². The molecule has 3 unspecified atom stereocenters. The largest absolute Gasteiger partial charge is 0.487 e. The number of benzene rings is 1. The number of fused-ring (bicyclic) bond motifs is 1. The molecule has 1 aliphatic heterocycles. The molecule has 8 nitrogen and oxygen atoms in total. The van der Waals surface area contributed by atoms with Crippen molar-refractivity contribution in [2.24, 2.45) is 5.92 Å². The van der Waals surface area contributed by atoms with Crippen molar-refractivity contribution in [3.63, 3.8) is 0 Å². The first-order chi connectivity index (χ1) is 19.1. The molecule has 0 radical (unpaired) electrons. The smallest absolute Gasteiger partial charge is 0.309 e. The van der Waals surface area contributed by atoms with Crippen molar-refractivity contribution >= 4 is 5.97 Å². The Morgan fingerprint density at radius 3 is 2.73 bits per heavy atom. The average Bonchev–Trinajstić information content (AvgIpc) is 3.29. The Hall–Kier alpha value is -3.26. The number of pyridine rings is 1. The molecule has 0 N–H and O–H groups in total. The minimum atomic E-state index is -0.535. The highest BCUT2D eigenvalue weighted by molar-refractivity contribution is 5.73.